The van der Waals surface area contributed by atoms with E-state index in [1.54, 1.807) is 28.4 Å². The van der Waals surface area contributed by atoms with E-state index in [1.165, 1.54) is 0 Å². The molecule has 32 heavy (non-hydrogen) atoms. The predicted molar refractivity (Wildman–Crippen MR) is 123 cm³/mol. The van der Waals surface area contributed by atoms with Crippen molar-refractivity contribution in [3.05, 3.63) is 41.2 Å². The molecule has 3 aromatic heterocycles. The number of thiophene rings is 1. The summed E-state index contributed by atoms with van der Waals surface area (Å²) in [7, 11) is 1.86. The summed E-state index contributed by atoms with van der Waals surface area (Å²) in [5.41, 5.74) is 2.07. The maximum atomic E-state index is 13.3. The van der Waals surface area contributed by atoms with Crippen LogP contribution in [0.15, 0.2) is 30.7 Å². The van der Waals surface area contributed by atoms with Crippen LogP contribution in [-0.4, -0.2) is 74.8 Å². The number of amides is 1. The van der Waals surface area contributed by atoms with Crippen LogP contribution in [0.3, 0.4) is 0 Å². The van der Waals surface area contributed by atoms with E-state index in [-0.39, 0.29) is 11.4 Å². The van der Waals surface area contributed by atoms with Crippen molar-refractivity contribution < 1.29 is 9.53 Å². The summed E-state index contributed by atoms with van der Waals surface area (Å²) in [4.78, 5) is 28.7. The number of nitrogens with one attached hydrogen (secondary N) is 1. The molecule has 0 aliphatic carbocycles. The van der Waals surface area contributed by atoms with E-state index in [9.17, 15) is 4.79 Å². The number of carbonyl (C=O) groups is 1. The van der Waals surface area contributed by atoms with Crippen LogP contribution < -0.4 is 5.32 Å². The van der Waals surface area contributed by atoms with Gasteiger partial charge in [-0.05, 0) is 26.0 Å². The number of nitrogens with zero attached hydrogens (tertiary/aromatic N) is 6. The lowest BCUT2D eigenvalue weighted by atomic mass is 10.0. The smallest absolute Gasteiger partial charge is 0.255 e. The van der Waals surface area contributed by atoms with E-state index < -0.39 is 0 Å². The van der Waals surface area contributed by atoms with Gasteiger partial charge in [-0.25, -0.2) is 9.97 Å². The first-order valence-electron chi connectivity index (χ1n) is 10.8. The highest BCUT2D eigenvalue weighted by Crippen LogP contribution is 2.45. The second-order valence-corrected chi connectivity index (χ2v) is 9.67. The summed E-state index contributed by atoms with van der Waals surface area (Å²) in [5.74, 6) is 0.602. The Kier molecular flexibility index (Phi) is 5.44. The molecule has 2 aliphatic rings. The topological polar surface area (TPSA) is 88.4 Å². The highest BCUT2D eigenvalue weighted by atomic mass is 32.1. The molecule has 0 bridgehead atoms. The van der Waals surface area contributed by atoms with Crippen LogP contribution >= 0.6 is 11.3 Å². The third kappa shape index (κ3) is 3.89. The van der Waals surface area contributed by atoms with Gasteiger partial charge in [0.1, 0.15) is 0 Å². The third-order valence-corrected chi connectivity index (χ3v) is 7.52. The average molecular weight is 454 g/mol. The zero-order chi connectivity index (χ0) is 22.3. The van der Waals surface area contributed by atoms with E-state index in [2.05, 4.69) is 39.1 Å². The van der Waals surface area contributed by atoms with Gasteiger partial charge < -0.3 is 15.0 Å². The number of aromatic nitrogens is 4. The monoisotopic (exact) mass is 453 g/mol. The van der Waals surface area contributed by atoms with Crippen LogP contribution in [0.2, 0.25) is 0 Å². The maximum absolute atomic E-state index is 13.3. The molecule has 5 rings (SSSR count). The quantitative estimate of drug-likeness (QED) is 0.614. The Morgan fingerprint density at radius 3 is 2.78 bits per heavy atom. The number of fused-ring (bicyclic) bond motifs is 1. The van der Waals surface area contributed by atoms with Gasteiger partial charge in [-0.3, -0.25) is 14.4 Å². The molecule has 0 unspecified atom stereocenters. The number of anilines is 2. The normalized spacial score (nSPS) is 18.2. The van der Waals surface area contributed by atoms with Gasteiger partial charge >= 0.3 is 0 Å². The minimum absolute atomic E-state index is 0.100. The molecule has 0 aromatic carbocycles. The van der Waals surface area contributed by atoms with Crippen LogP contribution in [-0.2, 0) is 17.3 Å². The molecule has 0 spiro atoms. The number of rotatable bonds is 6. The molecule has 1 fully saturated rings. The van der Waals surface area contributed by atoms with Gasteiger partial charge in [0.05, 0.1) is 46.8 Å². The van der Waals surface area contributed by atoms with Gasteiger partial charge in [-0.15, -0.1) is 11.3 Å². The molecule has 168 valence electrons. The van der Waals surface area contributed by atoms with E-state index in [4.69, 9.17) is 4.74 Å². The summed E-state index contributed by atoms with van der Waals surface area (Å²) >= 11 is 1.64. The molecule has 10 heteroatoms. The van der Waals surface area contributed by atoms with Crippen LogP contribution in [0.1, 0.15) is 29.1 Å². The number of hydrogen-bond acceptors (Lipinski definition) is 8. The fourth-order valence-electron chi connectivity index (χ4n) is 4.27. The van der Waals surface area contributed by atoms with Gasteiger partial charge in [-0.2, -0.15) is 5.10 Å². The Hall–Kier alpha value is -2.82. The van der Waals surface area contributed by atoms with Crippen molar-refractivity contribution >= 4 is 28.9 Å². The van der Waals surface area contributed by atoms with Crippen molar-refractivity contribution in [2.75, 3.05) is 44.7 Å². The van der Waals surface area contributed by atoms with Crippen molar-refractivity contribution in [3.63, 3.8) is 0 Å². The lowest BCUT2D eigenvalue weighted by Crippen LogP contribution is -2.46. The number of morpholine rings is 1. The SMILES string of the molecule is Cn1cc(Nc2nccc(-c3cc4c(s3)C(C)(C)N(CCN3CCOCC3)C4=O)n2)cn1. The molecule has 1 N–H and O–H groups in total. The largest absolute Gasteiger partial charge is 0.379 e. The Morgan fingerprint density at radius 1 is 1.25 bits per heavy atom. The minimum atomic E-state index is -0.342. The number of aryl methyl sites for hydroxylation is 1. The van der Waals surface area contributed by atoms with Gasteiger partial charge in [0.2, 0.25) is 5.95 Å². The Morgan fingerprint density at radius 2 is 2.06 bits per heavy atom. The van der Waals surface area contributed by atoms with E-state index in [0.717, 1.165) is 66.1 Å². The average Bonchev–Trinajstić information content (AvgIpc) is 3.45. The second kappa shape index (κ2) is 8.27. The van der Waals surface area contributed by atoms with E-state index in [1.807, 2.05) is 30.3 Å². The van der Waals surface area contributed by atoms with Gasteiger partial charge in [-0.1, -0.05) is 0 Å². The molecule has 1 amide bonds. The Labute approximate surface area is 191 Å². The minimum Gasteiger partial charge on any atom is -0.379 e. The Balaban J connectivity index is 1.34. The summed E-state index contributed by atoms with van der Waals surface area (Å²) in [6.07, 6.45) is 5.32. The molecule has 9 nitrogen and oxygen atoms in total. The number of ether oxygens (including phenoxy) is 1. The zero-order valence-corrected chi connectivity index (χ0v) is 19.4. The van der Waals surface area contributed by atoms with E-state index >= 15 is 0 Å². The van der Waals surface area contributed by atoms with Crippen LogP contribution in [0.4, 0.5) is 11.6 Å². The van der Waals surface area contributed by atoms with Crippen LogP contribution in [0.25, 0.3) is 10.6 Å². The highest BCUT2D eigenvalue weighted by molar-refractivity contribution is 7.16. The van der Waals surface area contributed by atoms with Crippen molar-refractivity contribution in [1.82, 2.24) is 29.5 Å². The first-order chi connectivity index (χ1) is 15.4. The molecule has 1 saturated heterocycles. The highest BCUT2D eigenvalue weighted by Gasteiger charge is 2.44. The van der Waals surface area contributed by atoms with Crippen molar-refractivity contribution in [3.8, 4) is 10.6 Å². The molecule has 0 atom stereocenters. The molecular weight excluding hydrogens is 426 g/mol. The summed E-state index contributed by atoms with van der Waals surface area (Å²) in [6.45, 7) is 9.24. The summed E-state index contributed by atoms with van der Waals surface area (Å²) in [6, 6.07) is 3.86. The van der Waals surface area contributed by atoms with Crippen LogP contribution in [0, 0.1) is 0 Å². The predicted octanol–water partition coefficient (Wildman–Crippen LogP) is 2.71. The Bertz CT molecular complexity index is 1130. The molecule has 5 heterocycles. The van der Waals surface area contributed by atoms with Crippen molar-refractivity contribution in [2.24, 2.45) is 7.05 Å². The standard InChI is InChI=1S/C22H27N7O2S/c1-22(2)19-16(20(30)29(22)7-6-28-8-10-31-11-9-28)12-18(32-19)17-4-5-23-21(26-17)25-15-13-24-27(3)14-15/h4-5,12-14H,6-11H2,1-3H3,(H,23,25,26). The first kappa shape index (κ1) is 21.0. The van der Waals surface area contributed by atoms with Crippen LogP contribution in [0.5, 0.6) is 0 Å². The summed E-state index contributed by atoms with van der Waals surface area (Å²) < 4.78 is 7.15. The fraction of sp³-hybridized carbons (Fsp3) is 0.455. The summed E-state index contributed by atoms with van der Waals surface area (Å²) in [5, 5.41) is 7.33. The van der Waals surface area contributed by atoms with Gasteiger partial charge in [0.15, 0.2) is 0 Å². The number of carbonyl (C=O) groups excluding carboxylic acids is 1. The molecular formula is C22H27N7O2S. The van der Waals surface area contributed by atoms with Gasteiger partial charge in [0, 0.05) is 50.5 Å². The maximum Gasteiger partial charge on any atom is 0.255 e. The molecule has 3 aromatic rings. The lowest BCUT2D eigenvalue weighted by molar-refractivity contribution is 0.0263. The molecule has 0 radical (unpaired) electrons. The van der Waals surface area contributed by atoms with Crippen molar-refractivity contribution in [1.29, 1.82) is 0 Å². The third-order valence-electron chi connectivity index (χ3n) is 6.05. The number of hydrogen-bond donors (Lipinski definition) is 1. The lowest BCUT2D eigenvalue weighted by Gasteiger charge is -2.35. The fourth-order valence-corrected chi connectivity index (χ4v) is 5.50. The van der Waals surface area contributed by atoms with Crippen molar-refractivity contribution in [2.45, 2.75) is 19.4 Å². The van der Waals surface area contributed by atoms with E-state index in [0.29, 0.717) is 5.95 Å². The van der Waals surface area contributed by atoms with Gasteiger partial charge in [0.25, 0.3) is 5.91 Å². The zero-order valence-electron chi connectivity index (χ0n) is 18.5. The first-order valence-corrected chi connectivity index (χ1v) is 11.6. The molecule has 2 aliphatic heterocycles. The molecule has 0 saturated carbocycles. The second-order valence-electron chi connectivity index (χ2n) is 8.62.